The molecule has 1 aliphatic heterocycles. The highest BCUT2D eigenvalue weighted by Gasteiger charge is 2.36. The minimum Gasteiger partial charge on any atom is -0.478 e. The number of furan rings is 1. The van der Waals surface area contributed by atoms with Crippen LogP contribution < -0.4 is 5.32 Å². The van der Waals surface area contributed by atoms with Crippen molar-refractivity contribution in [2.75, 3.05) is 18.2 Å². The molecule has 2 rings (SSSR count). The van der Waals surface area contributed by atoms with Gasteiger partial charge in [-0.25, -0.2) is 4.79 Å². The lowest BCUT2D eigenvalue weighted by Gasteiger charge is -2.22. The summed E-state index contributed by atoms with van der Waals surface area (Å²) in [5.41, 5.74) is -0.00404. The number of nitrogens with zero attached hydrogens (tertiary/aromatic N) is 1. The standard InChI is InChI=1S/C17H24N2O5S/c1-4-13-11(17(22)23)7-14(24-13)16(21)19-9-25-8-12(19)15(20)18-6-5-10(2)3/h7,10,12H,4-6,8-9H2,1-3H3,(H,18,20)(H,22,23). The molecule has 1 fully saturated rings. The van der Waals surface area contributed by atoms with Crippen LogP contribution in [0.5, 0.6) is 0 Å². The Morgan fingerprint density at radius 1 is 1.44 bits per heavy atom. The van der Waals surface area contributed by atoms with Gasteiger partial charge in [0.15, 0.2) is 5.76 Å². The fraction of sp³-hybridized carbons (Fsp3) is 0.588. The van der Waals surface area contributed by atoms with Gasteiger partial charge in [0.1, 0.15) is 17.4 Å². The topological polar surface area (TPSA) is 99.9 Å². The van der Waals surface area contributed by atoms with Gasteiger partial charge < -0.3 is 19.7 Å². The van der Waals surface area contributed by atoms with Crippen molar-refractivity contribution in [3.8, 4) is 0 Å². The second-order valence-corrected chi connectivity index (χ2v) is 7.37. The zero-order valence-corrected chi connectivity index (χ0v) is 15.5. The first kappa shape index (κ1) is 19.4. The fourth-order valence-corrected chi connectivity index (χ4v) is 3.74. The molecule has 25 heavy (non-hydrogen) atoms. The number of aryl methyl sites for hydroxylation is 1. The van der Waals surface area contributed by atoms with Gasteiger partial charge in [0.2, 0.25) is 5.91 Å². The second kappa shape index (κ2) is 8.42. The summed E-state index contributed by atoms with van der Waals surface area (Å²) < 4.78 is 5.43. The number of hydrogen-bond acceptors (Lipinski definition) is 5. The van der Waals surface area contributed by atoms with Crippen LogP contribution in [0.3, 0.4) is 0 Å². The Morgan fingerprint density at radius 2 is 2.16 bits per heavy atom. The summed E-state index contributed by atoms with van der Waals surface area (Å²) in [5.74, 6) is -0.134. The van der Waals surface area contributed by atoms with E-state index in [4.69, 9.17) is 4.42 Å². The lowest BCUT2D eigenvalue weighted by Crippen LogP contribution is -2.47. The van der Waals surface area contributed by atoms with Gasteiger partial charge in [0.05, 0.1) is 5.88 Å². The van der Waals surface area contributed by atoms with Crippen LogP contribution in [0, 0.1) is 5.92 Å². The normalized spacial score (nSPS) is 17.1. The molecule has 0 bridgehead atoms. The second-order valence-electron chi connectivity index (χ2n) is 6.37. The van der Waals surface area contributed by atoms with E-state index in [1.807, 2.05) is 0 Å². The number of amides is 2. The molecule has 1 unspecified atom stereocenters. The molecule has 0 radical (unpaired) electrons. The van der Waals surface area contributed by atoms with Crippen LogP contribution in [0.1, 0.15) is 53.9 Å². The van der Waals surface area contributed by atoms with Crippen molar-refractivity contribution in [2.24, 2.45) is 5.92 Å². The summed E-state index contributed by atoms with van der Waals surface area (Å²) in [6.45, 7) is 6.49. The predicted molar refractivity (Wildman–Crippen MR) is 94.8 cm³/mol. The number of aromatic carboxylic acids is 1. The maximum atomic E-state index is 12.7. The minimum absolute atomic E-state index is 0.00404. The van der Waals surface area contributed by atoms with Gasteiger partial charge >= 0.3 is 5.97 Å². The lowest BCUT2D eigenvalue weighted by atomic mass is 10.1. The quantitative estimate of drug-likeness (QED) is 0.765. The molecule has 0 spiro atoms. The monoisotopic (exact) mass is 368 g/mol. The SMILES string of the molecule is CCc1oc(C(=O)N2CSCC2C(=O)NCCC(C)C)cc1C(=O)O. The van der Waals surface area contributed by atoms with E-state index in [0.717, 1.165) is 6.42 Å². The Morgan fingerprint density at radius 3 is 2.72 bits per heavy atom. The molecule has 0 aromatic carbocycles. The van der Waals surface area contributed by atoms with Crippen LogP contribution in [-0.2, 0) is 11.2 Å². The molecule has 2 N–H and O–H groups in total. The van der Waals surface area contributed by atoms with Gasteiger partial charge in [0, 0.05) is 24.8 Å². The van der Waals surface area contributed by atoms with Crippen molar-refractivity contribution in [2.45, 2.75) is 39.7 Å². The Kier molecular flexibility index (Phi) is 6.52. The van der Waals surface area contributed by atoms with Crippen LogP contribution in [-0.4, -0.2) is 52.0 Å². The van der Waals surface area contributed by atoms with E-state index >= 15 is 0 Å². The zero-order chi connectivity index (χ0) is 18.6. The molecule has 2 heterocycles. The molecule has 1 saturated heterocycles. The van der Waals surface area contributed by atoms with Gasteiger partial charge in [-0.05, 0) is 12.3 Å². The number of hydrogen-bond donors (Lipinski definition) is 2. The third kappa shape index (κ3) is 4.56. The first-order valence-corrected chi connectivity index (χ1v) is 9.53. The predicted octanol–water partition coefficient (Wildman–Crippen LogP) is 2.22. The molecule has 0 saturated carbocycles. The average Bonchev–Trinajstić information content (AvgIpc) is 3.20. The van der Waals surface area contributed by atoms with E-state index in [-0.39, 0.29) is 23.0 Å². The van der Waals surface area contributed by atoms with Crippen molar-refractivity contribution in [1.82, 2.24) is 10.2 Å². The number of carboxylic acids is 1. The summed E-state index contributed by atoms with van der Waals surface area (Å²) in [4.78, 5) is 37.7. The smallest absolute Gasteiger partial charge is 0.339 e. The number of carbonyl (C=O) groups is 3. The fourth-order valence-electron chi connectivity index (χ4n) is 2.58. The Balaban J connectivity index is 2.10. The molecule has 0 aliphatic carbocycles. The first-order chi connectivity index (χ1) is 11.8. The van der Waals surface area contributed by atoms with E-state index in [9.17, 15) is 19.5 Å². The summed E-state index contributed by atoms with van der Waals surface area (Å²) in [5, 5.41) is 12.1. The highest BCUT2D eigenvalue weighted by atomic mass is 32.2. The van der Waals surface area contributed by atoms with Gasteiger partial charge in [-0.15, -0.1) is 11.8 Å². The molecular formula is C17H24N2O5S. The zero-order valence-electron chi connectivity index (χ0n) is 14.7. The van der Waals surface area contributed by atoms with Gasteiger partial charge in [0.25, 0.3) is 5.91 Å². The van der Waals surface area contributed by atoms with Crippen LogP contribution >= 0.6 is 11.8 Å². The number of carboxylic acid groups (broad SMARTS) is 1. The van der Waals surface area contributed by atoms with Crippen molar-refractivity contribution < 1.29 is 23.9 Å². The number of rotatable bonds is 7. The lowest BCUT2D eigenvalue weighted by molar-refractivity contribution is -0.124. The maximum absolute atomic E-state index is 12.7. The maximum Gasteiger partial charge on any atom is 0.339 e. The van der Waals surface area contributed by atoms with E-state index in [1.165, 1.54) is 22.7 Å². The first-order valence-electron chi connectivity index (χ1n) is 8.37. The van der Waals surface area contributed by atoms with Crippen molar-refractivity contribution >= 4 is 29.5 Å². The summed E-state index contributed by atoms with van der Waals surface area (Å²) in [7, 11) is 0. The number of carbonyl (C=O) groups excluding carboxylic acids is 2. The molecule has 138 valence electrons. The van der Waals surface area contributed by atoms with Crippen LogP contribution in [0.25, 0.3) is 0 Å². The Hall–Kier alpha value is -1.96. The molecule has 1 aromatic rings. The van der Waals surface area contributed by atoms with Crippen molar-refractivity contribution in [3.05, 3.63) is 23.2 Å². The van der Waals surface area contributed by atoms with Crippen molar-refractivity contribution in [1.29, 1.82) is 0 Å². The van der Waals surface area contributed by atoms with Crippen molar-refractivity contribution in [3.63, 3.8) is 0 Å². The average molecular weight is 368 g/mol. The largest absolute Gasteiger partial charge is 0.478 e. The van der Waals surface area contributed by atoms with E-state index in [1.54, 1.807) is 6.92 Å². The molecule has 7 nitrogen and oxygen atoms in total. The van der Waals surface area contributed by atoms with E-state index in [0.29, 0.717) is 30.5 Å². The third-order valence-corrected chi connectivity index (χ3v) is 5.05. The van der Waals surface area contributed by atoms with Gasteiger partial charge in [-0.2, -0.15) is 0 Å². The third-order valence-electron chi connectivity index (χ3n) is 4.04. The van der Waals surface area contributed by atoms with Gasteiger partial charge in [-0.3, -0.25) is 9.59 Å². The molecule has 1 aliphatic rings. The molecule has 1 atom stereocenters. The summed E-state index contributed by atoms with van der Waals surface area (Å²) in [6.07, 6.45) is 1.25. The van der Waals surface area contributed by atoms with E-state index in [2.05, 4.69) is 19.2 Å². The van der Waals surface area contributed by atoms with Crippen LogP contribution in [0.15, 0.2) is 10.5 Å². The Labute approximate surface area is 151 Å². The van der Waals surface area contributed by atoms with Gasteiger partial charge in [-0.1, -0.05) is 20.8 Å². The minimum atomic E-state index is -1.13. The number of nitrogens with one attached hydrogen (secondary N) is 1. The number of thioether (sulfide) groups is 1. The highest BCUT2D eigenvalue weighted by molar-refractivity contribution is 7.99. The highest BCUT2D eigenvalue weighted by Crippen LogP contribution is 2.25. The van der Waals surface area contributed by atoms with Crippen LogP contribution in [0.4, 0.5) is 0 Å². The van der Waals surface area contributed by atoms with Crippen LogP contribution in [0.2, 0.25) is 0 Å². The molecule has 1 aromatic heterocycles. The summed E-state index contributed by atoms with van der Waals surface area (Å²) in [6, 6.07) is 0.688. The van der Waals surface area contributed by atoms with E-state index < -0.39 is 17.9 Å². The molecule has 2 amide bonds. The molecular weight excluding hydrogens is 344 g/mol. The summed E-state index contributed by atoms with van der Waals surface area (Å²) >= 11 is 1.49. The Bertz CT molecular complexity index is 655. The molecule has 8 heteroatoms.